The van der Waals surface area contributed by atoms with Gasteiger partial charge in [0.2, 0.25) is 0 Å². The number of nitrogens with one attached hydrogen (secondary N) is 1. The van der Waals surface area contributed by atoms with Crippen LogP contribution >= 0.6 is 11.8 Å². The van der Waals surface area contributed by atoms with E-state index in [1.165, 1.54) is 12.1 Å². The Morgan fingerprint density at radius 2 is 2.00 bits per heavy atom. The van der Waals surface area contributed by atoms with Gasteiger partial charge in [0, 0.05) is 11.6 Å². The van der Waals surface area contributed by atoms with E-state index in [1.54, 1.807) is 0 Å². The van der Waals surface area contributed by atoms with Crippen LogP contribution in [-0.2, 0) is 9.53 Å². The molecule has 0 aliphatic rings. The molecule has 0 spiro atoms. The zero-order valence-electron chi connectivity index (χ0n) is 11.7. The Kier molecular flexibility index (Phi) is 5.47. The van der Waals surface area contributed by atoms with Crippen molar-refractivity contribution >= 4 is 29.3 Å². The molecule has 0 unspecified atom stereocenters. The highest BCUT2D eigenvalue weighted by Gasteiger charge is 2.11. The van der Waals surface area contributed by atoms with Crippen molar-refractivity contribution in [3.63, 3.8) is 0 Å². The van der Waals surface area contributed by atoms with E-state index >= 15 is 0 Å². The first kappa shape index (κ1) is 16.7. The number of aromatic nitrogens is 2. The molecule has 0 atom stereocenters. The van der Waals surface area contributed by atoms with Gasteiger partial charge in [-0.25, -0.2) is 9.37 Å². The lowest BCUT2D eigenvalue weighted by Gasteiger charge is -2.04. The lowest BCUT2D eigenvalue weighted by atomic mass is 10.1. The van der Waals surface area contributed by atoms with Crippen molar-refractivity contribution in [1.29, 1.82) is 0 Å². The van der Waals surface area contributed by atoms with Gasteiger partial charge in [-0.05, 0) is 24.3 Å². The first-order valence-corrected chi connectivity index (χ1v) is 7.36. The van der Waals surface area contributed by atoms with Crippen LogP contribution < -0.4 is 11.3 Å². The molecule has 0 fully saturated rings. The molecule has 0 aliphatic carbocycles. The van der Waals surface area contributed by atoms with E-state index in [-0.39, 0.29) is 22.3 Å². The second-order valence-electron chi connectivity index (χ2n) is 4.35. The highest BCUT2D eigenvalue weighted by Crippen LogP contribution is 2.12. The van der Waals surface area contributed by atoms with Crippen LogP contribution in [0.4, 0.5) is 10.2 Å². The summed E-state index contributed by atoms with van der Waals surface area (Å²) in [6.45, 7) is -0.452. The monoisotopic (exact) mass is 337 g/mol. The standard InChI is InChI=1S/C14H12FN3O4S/c15-9-3-1-8(2-4-9)10(19)6-22-13(21)7-23-14-17-11(16)5-12(20)18-14/h1-5H,6-7H2,(H3,16,17,18,20). The summed E-state index contributed by atoms with van der Waals surface area (Å²) in [5.41, 5.74) is 5.22. The Morgan fingerprint density at radius 3 is 2.65 bits per heavy atom. The average Bonchev–Trinajstić information content (AvgIpc) is 2.50. The molecule has 0 saturated heterocycles. The molecule has 2 rings (SSSR count). The number of ether oxygens (including phenoxy) is 1. The highest BCUT2D eigenvalue weighted by atomic mass is 32.2. The number of carbonyl (C=O) groups is 2. The normalized spacial score (nSPS) is 10.3. The first-order chi connectivity index (χ1) is 10.9. The molecule has 0 aliphatic heterocycles. The molecule has 0 amide bonds. The van der Waals surface area contributed by atoms with Gasteiger partial charge in [0.1, 0.15) is 11.6 Å². The van der Waals surface area contributed by atoms with Crippen molar-refractivity contribution < 1.29 is 18.7 Å². The number of halogens is 1. The summed E-state index contributed by atoms with van der Waals surface area (Å²) in [5, 5.41) is 0.178. The number of H-pyrrole nitrogens is 1. The number of Topliss-reactive ketones (excluding diaryl/α,β-unsaturated/α-hetero) is 1. The van der Waals surface area contributed by atoms with Crippen LogP contribution in [0.25, 0.3) is 0 Å². The van der Waals surface area contributed by atoms with Crippen LogP contribution in [-0.4, -0.2) is 34.1 Å². The van der Waals surface area contributed by atoms with Gasteiger partial charge < -0.3 is 15.5 Å². The number of benzene rings is 1. The van der Waals surface area contributed by atoms with E-state index in [0.29, 0.717) is 0 Å². The summed E-state index contributed by atoms with van der Waals surface area (Å²) in [6.07, 6.45) is 0. The fourth-order valence-electron chi connectivity index (χ4n) is 1.56. The molecule has 1 aromatic heterocycles. The Balaban J connectivity index is 1.82. The topological polar surface area (TPSA) is 115 Å². The molecule has 0 saturated carbocycles. The molecule has 0 radical (unpaired) electrons. The van der Waals surface area contributed by atoms with Crippen LogP contribution in [0, 0.1) is 5.82 Å². The first-order valence-electron chi connectivity index (χ1n) is 6.38. The second kappa shape index (κ2) is 7.54. The maximum absolute atomic E-state index is 12.7. The number of ketones is 1. The zero-order chi connectivity index (χ0) is 16.8. The molecule has 23 heavy (non-hydrogen) atoms. The van der Waals surface area contributed by atoms with Crippen LogP contribution in [0.1, 0.15) is 10.4 Å². The lowest BCUT2D eigenvalue weighted by molar-refractivity contribution is -0.139. The van der Waals surface area contributed by atoms with E-state index in [2.05, 4.69) is 9.97 Å². The average molecular weight is 337 g/mol. The lowest BCUT2D eigenvalue weighted by Crippen LogP contribution is -2.16. The van der Waals surface area contributed by atoms with Crippen molar-refractivity contribution in [2.24, 2.45) is 0 Å². The molecule has 0 bridgehead atoms. The summed E-state index contributed by atoms with van der Waals surface area (Å²) in [5.74, 6) is -1.67. The molecule has 9 heteroatoms. The third-order valence-corrected chi connectivity index (χ3v) is 3.44. The number of rotatable bonds is 6. The SMILES string of the molecule is Nc1cc(=O)[nH]c(SCC(=O)OCC(=O)c2ccc(F)cc2)n1. The van der Waals surface area contributed by atoms with E-state index in [0.717, 1.165) is 30.0 Å². The molecular formula is C14H12FN3O4S. The Bertz CT molecular complexity index is 776. The van der Waals surface area contributed by atoms with Gasteiger partial charge in [0.05, 0.1) is 5.75 Å². The number of nitrogen functional groups attached to an aromatic ring is 1. The Hall–Kier alpha value is -2.68. The number of nitrogens with two attached hydrogens (primary N) is 1. The fourth-order valence-corrected chi connectivity index (χ4v) is 2.24. The quantitative estimate of drug-likeness (QED) is 0.350. The number of esters is 1. The summed E-state index contributed by atoms with van der Waals surface area (Å²) in [6, 6.07) is 6.02. The number of hydrogen-bond donors (Lipinski definition) is 2. The van der Waals surface area contributed by atoms with Crippen molar-refractivity contribution in [2.75, 3.05) is 18.1 Å². The number of nitrogens with zero attached hydrogens (tertiary/aromatic N) is 1. The van der Waals surface area contributed by atoms with Gasteiger partial charge in [0.15, 0.2) is 17.5 Å². The Morgan fingerprint density at radius 1 is 1.30 bits per heavy atom. The van der Waals surface area contributed by atoms with Crippen molar-refractivity contribution in [2.45, 2.75) is 5.16 Å². The Labute approximate surface area is 134 Å². The number of aromatic amines is 1. The number of carbonyl (C=O) groups excluding carboxylic acids is 2. The second-order valence-corrected chi connectivity index (χ2v) is 5.32. The van der Waals surface area contributed by atoms with Gasteiger partial charge in [-0.15, -0.1) is 0 Å². The highest BCUT2D eigenvalue weighted by molar-refractivity contribution is 7.99. The summed E-state index contributed by atoms with van der Waals surface area (Å²) >= 11 is 0.924. The van der Waals surface area contributed by atoms with Crippen LogP contribution in [0.3, 0.4) is 0 Å². The minimum absolute atomic E-state index is 0.0381. The number of hydrogen-bond acceptors (Lipinski definition) is 7. The third kappa shape index (κ3) is 5.22. The number of thioether (sulfide) groups is 1. The third-order valence-electron chi connectivity index (χ3n) is 2.60. The molecule has 2 aromatic rings. The van der Waals surface area contributed by atoms with E-state index < -0.39 is 29.7 Å². The van der Waals surface area contributed by atoms with Gasteiger partial charge in [-0.3, -0.25) is 14.4 Å². The zero-order valence-corrected chi connectivity index (χ0v) is 12.6. The van der Waals surface area contributed by atoms with Crippen LogP contribution in [0.5, 0.6) is 0 Å². The van der Waals surface area contributed by atoms with E-state index in [1.807, 2.05) is 0 Å². The molecule has 7 nitrogen and oxygen atoms in total. The van der Waals surface area contributed by atoms with Gasteiger partial charge >= 0.3 is 5.97 Å². The summed E-state index contributed by atoms with van der Waals surface area (Å²) in [7, 11) is 0. The smallest absolute Gasteiger partial charge is 0.316 e. The molecule has 1 heterocycles. The van der Waals surface area contributed by atoms with Crippen LogP contribution in [0.2, 0.25) is 0 Å². The van der Waals surface area contributed by atoms with Crippen molar-refractivity contribution in [3.8, 4) is 0 Å². The maximum atomic E-state index is 12.7. The maximum Gasteiger partial charge on any atom is 0.316 e. The van der Waals surface area contributed by atoms with Gasteiger partial charge in [-0.1, -0.05) is 11.8 Å². The fraction of sp³-hybridized carbons (Fsp3) is 0.143. The molecular weight excluding hydrogens is 325 g/mol. The van der Waals surface area contributed by atoms with Gasteiger partial charge in [0.25, 0.3) is 5.56 Å². The number of anilines is 1. The molecule has 120 valence electrons. The minimum Gasteiger partial charge on any atom is -0.457 e. The van der Waals surface area contributed by atoms with E-state index in [9.17, 15) is 18.8 Å². The predicted octanol–water partition coefficient (Wildman–Crippen LogP) is 1.01. The van der Waals surface area contributed by atoms with Crippen LogP contribution in [0.15, 0.2) is 40.3 Å². The minimum atomic E-state index is -0.657. The van der Waals surface area contributed by atoms with E-state index in [4.69, 9.17) is 10.5 Å². The van der Waals surface area contributed by atoms with Crippen molar-refractivity contribution in [1.82, 2.24) is 9.97 Å². The molecule has 1 aromatic carbocycles. The van der Waals surface area contributed by atoms with Gasteiger partial charge in [-0.2, -0.15) is 0 Å². The van der Waals surface area contributed by atoms with Crippen molar-refractivity contribution in [3.05, 3.63) is 52.1 Å². The summed E-state index contributed by atoms with van der Waals surface area (Å²) in [4.78, 5) is 40.7. The molecule has 3 N–H and O–H groups in total. The summed E-state index contributed by atoms with van der Waals surface area (Å²) < 4.78 is 17.6. The largest absolute Gasteiger partial charge is 0.457 e. The predicted molar refractivity (Wildman–Crippen MR) is 81.7 cm³/mol.